The van der Waals surface area contributed by atoms with Crippen molar-refractivity contribution >= 4 is 11.0 Å². The van der Waals surface area contributed by atoms with Gasteiger partial charge in [-0.2, -0.15) is 0 Å². The van der Waals surface area contributed by atoms with Crippen LogP contribution in [0.4, 0.5) is 0 Å². The maximum absolute atomic E-state index is 12.2. The number of hydrogen-bond acceptors (Lipinski definition) is 6. The minimum absolute atomic E-state index is 0.0586. The standard InChI is InChI=1S/C21H28O6/c1-2-3-4-5-6-7-8-9-14-26-20-18(23)16-11-10-12-17(25-15-13-22)19(16)27-21(20)24/h9-12,14,22-23H,2-8,13,15H2,1H3/b14-9+. The summed E-state index contributed by atoms with van der Waals surface area (Å²) in [5.41, 5.74) is -0.666. The average Bonchev–Trinajstić information content (AvgIpc) is 2.67. The van der Waals surface area contributed by atoms with Gasteiger partial charge in [-0.3, -0.25) is 0 Å². The van der Waals surface area contributed by atoms with Gasteiger partial charge in [0.15, 0.2) is 17.1 Å². The number of allylic oxidation sites excluding steroid dienone is 1. The fourth-order valence-corrected chi connectivity index (χ4v) is 2.77. The third-order valence-electron chi connectivity index (χ3n) is 4.18. The summed E-state index contributed by atoms with van der Waals surface area (Å²) in [7, 11) is 0. The number of rotatable bonds is 12. The molecule has 0 saturated heterocycles. The second kappa shape index (κ2) is 11.3. The van der Waals surface area contributed by atoms with Gasteiger partial charge in [-0.1, -0.05) is 45.1 Å². The minimum Gasteiger partial charge on any atom is -0.504 e. The van der Waals surface area contributed by atoms with E-state index in [1.807, 2.05) is 6.08 Å². The Hall–Kier alpha value is -2.47. The number of aliphatic hydroxyl groups is 1. The van der Waals surface area contributed by atoms with Gasteiger partial charge in [0.2, 0.25) is 0 Å². The summed E-state index contributed by atoms with van der Waals surface area (Å²) in [5, 5.41) is 19.6. The van der Waals surface area contributed by atoms with E-state index in [1.54, 1.807) is 18.2 Å². The summed E-state index contributed by atoms with van der Waals surface area (Å²) in [6, 6.07) is 4.86. The summed E-state index contributed by atoms with van der Waals surface area (Å²) in [6.45, 7) is 2.09. The maximum Gasteiger partial charge on any atom is 0.383 e. The molecule has 148 valence electrons. The predicted octanol–water partition coefficient (Wildman–Crippen LogP) is 4.51. The van der Waals surface area contributed by atoms with Crippen molar-refractivity contribution in [2.24, 2.45) is 0 Å². The number of aromatic hydroxyl groups is 1. The van der Waals surface area contributed by atoms with Crippen LogP contribution in [0.15, 0.2) is 39.7 Å². The number of ether oxygens (including phenoxy) is 2. The summed E-state index contributed by atoms with van der Waals surface area (Å²) in [4.78, 5) is 12.2. The minimum atomic E-state index is -0.788. The Labute approximate surface area is 159 Å². The number of benzene rings is 1. The van der Waals surface area contributed by atoms with Crippen molar-refractivity contribution in [3.8, 4) is 17.2 Å². The van der Waals surface area contributed by atoms with Crippen molar-refractivity contribution in [3.05, 3.63) is 41.0 Å². The molecule has 1 heterocycles. The molecule has 0 fully saturated rings. The fraction of sp³-hybridized carbons (Fsp3) is 0.476. The lowest BCUT2D eigenvalue weighted by molar-refractivity contribution is 0.201. The van der Waals surface area contributed by atoms with Crippen LogP contribution in [0.3, 0.4) is 0 Å². The molecule has 0 radical (unpaired) electrons. The van der Waals surface area contributed by atoms with Gasteiger partial charge in [-0.15, -0.1) is 0 Å². The zero-order valence-electron chi connectivity index (χ0n) is 15.8. The molecular weight excluding hydrogens is 348 g/mol. The van der Waals surface area contributed by atoms with Crippen LogP contribution in [0.1, 0.15) is 51.9 Å². The number of aliphatic hydroxyl groups excluding tert-OH is 1. The Balaban J connectivity index is 2.00. The highest BCUT2D eigenvalue weighted by atomic mass is 16.5. The van der Waals surface area contributed by atoms with Crippen LogP contribution in [0.2, 0.25) is 0 Å². The number of hydrogen-bond donors (Lipinski definition) is 2. The second-order valence-corrected chi connectivity index (χ2v) is 6.32. The Bertz CT molecular complexity index is 793. The quantitative estimate of drug-likeness (QED) is 0.322. The van der Waals surface area contributed by atoms with Crippen LogP contribution < -0.4 is 15.1 Å². The second-order valence-electron chi connectivity index (χ2n) is 6.32. The Morgan fingerprint density at radius 2 is 1.93 bits per heavy atom. The molecule has 0 atom stereocenters. The van der Waals surface area contributed by atoms with Crippen LogP contribution in [0.5, 0.6) is 17.2 Å². The largest absolute Gasteiger partial charge is 0.504 e. The lowest BCUT2D eigenvalue weighted by Gasteiger charge is -2.09. The lowest BCUT2D eigenvalue weighted by Crippen LogP contribution is -2.06. The van der Waals surface area contributed by atoms with E-state index >= 15 is 0 Å². The molecule has 0 saturated carbocycles. The highest BCUT2D eigenvalue weighted by Gasteiger charge is 2.17. The summed E-state index contributed by atoms with van der Waals surface area (Å²) in [5.74, 6) is -0.264. The van der Waals surface area contributed by atoms with E-state index in [4.69, 9.17) is 19.0 Å². The zero-order valence-corrected chi connectivity index (χ0v) is 15.8. The fourth-order valence-electron chi connectivity index (χ4n) is 2.77. The molecule has 27 heavy (non-hydrogen) atoms. The van der Waals surface area contributed by atoms with Crippen molar-refractivity contribution < 1.29 is 24.1 Å². The molecule has 0 aliphatic rings. The van der Waals surface area contributed by atoms with Gasteiger partial charge in [0, 0.05) is 0 Å². The summed E-state index contributed by atoms with van der Waals surface area (Å²) in [6.07, 6.45) is 11.4. The Kier molecular flexibility index (Phi) is 8.71. The predicted molar refractivity (Wildman–Crippen MR) is 104 cm³/mol. The molecule has 1 aromatic heterocycles. The van der Waals surface area contributed by atoms with Gasteiger partial charge < -0.3 is 24.1 Å². The van der Waals surface area contributed by atoms with Gasteiger partial charge in [-0.05, 0) is 31.1 Å². The first-order valence-electron chi connectivity index (χ1n) is 9.53. The van der Waals surface area contributed by atoms with E-state index in [2.05, 4.69) is 6.92 Å². The van der Waals surface area contributed by atoms with Crippen molar-refractivity contribution in [2.75, 3.05) is 13.2 Å². The van der Waals surface area contributed by atoms with Crippen LogP contribution >= 0.6 is 0 Å². The summed E-state index contributed by atoms with van der Waals surface area (Å²) < 4.78 is 15.9. The van der Waals surface area contributed by atoms with Crippen LogP contribution in [0, 0.1) is 0 Å². The molecule has 0 bridgehead atoms. The molecular formula is C21H28O6. The lowest BCUT2D eigenvalue weighted by atomic mass is 10.1. The van der Waals surface area contributed by atoms with Crippen LogP contribution in [0.25, 0.3) is 11.0 Å². The average molecular weight is 376 g/mol. The molecule has 0 unspecified atom stereocenters. The molecule has 0 amide bonds. The SMILES string of the molecule is CCCCCCCC/C=C/Oc1c(O)c2cccc(OCCO)c2oc1=O. The molecule has 0 spiro atoms. The molecule has 6 heteroatoms. The summed E-state index contributed by atoms with van der Waals surface area (Å²) >= 11 is 0. The van der Waals surface area contributed by atoms with E-state index < -0.39 is 5.63 Å². The third-order valence-corrected chi connectivity index (χ3v) is 4.18. The molecule has 2 N–H and O–H groups in total. The third kappa shape index (κ3) is 6.03. The molecule has 0 aliphatic heterocycles. The first-order valence-corrected chi connectivity index (χ1v) is 9.53. The number of unbranched alkanes of at least 4 members (excludes halogenated alkanes) is 6. The highest BCUT2D eigenvalue weighted by Crippen LogP contribution is 2.35. The smallest absolute Gasteiger partial charge is 0.383 e. The first-order chi connectivity index (χ1) is 13.2. The Morgan fingerprint density at radius 3 is 2.70 bits per heavy atom. The molecule has 1 aromatic carbocycles. The van der Waals surface area contributed by atoms with E-state index in [9.17, 15) is 9.90 Å². The van der Waals surface area contributed by atoms with E-state index in [1.165, 1.54) is 38.4 Å². The van der Waals surface area contributed by atoms with Crippen LogP contribution in [-0.4, -0.2) is 23.4 Å². The van der Waals surface area contributed by atoms with Crippen molar-refractivity contribution in [3.63, 3.8) is 0 Å². The van der Waals surface area contributed by atoms with Gasteiger partial charge in [0.1, 0.15) is 6.61 Å². The van der Waals surface area contributed by atoms with Gasteiger partial charge in [0.05, 0.1) is 18.3 Å². The van der Waals surface area contributed by atoms with Gasteiger partial charge in [0.25, 0.3) is 5.75 Å². The molecule has 6 nitrogen and oxygen atoms in total. The zero-order chi connectivity index (χ0) is 19.5. The van der Waals surface area contributed by atoms with Crippen molar-refractivity contribution in [2.45, 2.75) is 51.9 Å². The van der Waals surface area contributed by atoms with E-state index in [0.717, 1.165) is 12.8 Å². The topological polar surface area (TPSA) is 89.1 Å². The Morgan fingerprint density at radius 1 is 1.15 bits per heavy atom. The normalized spacial score (nSPS) is 11.3. The van der Waals surface area contributed by atoms with Gasteiger partial charge >= 0.3 is 5.63 Å². The number of para-hydroxylation sites is 1. The molecule has 0 aliphatic carbocycles. The van der Waals surface area contributed by atoms with E-state index in [-0.39, 0.29) is 36.0 Å². The molecule has 2 rings (SSSR count). The first kappa shape index (κ1) is 20.8. The number of fused-ring (bicyclic) bond motifs is 1. The monoisotopic (exact) mass is 376 g/mol. The van der Waals surface area contributed by atoms with Crippen LogP contribution in [-0.2, 0) is 0 Å². The van der Waals surface area contributed by atoms with Crippen molar-refractivity contribution in [1.82, 2.24) is 0 Å². The molecule has 2 aromatic rings. The van der Waals surface area contributed by atoms with E-state index in [0.29, 0.717) is 5.39 Å². The van der Waals surface area contributed by atoms with Crippen molar-refractivity contribution in [1.29, 1.82) is 0 Å². The van der Waals surface area contributed by atoms with Gasteiger partial charge in [-0.25, -0.2) is 4.79 Å². The maximum atomic E-state index is 12.2. The highest BCUT2D eigenvalue weighted by molar-refractivity contribution is 5.89.